The molecule has 3 aliphatic rings. The Morgan fingerprint density at radius 2 is 2.08 bits per heavy atom. The first kappa shape index (κ1) is 15.9. The highest BCUT2D eigenvalue weighted by atomic mass is 16.5. The SMILES string of the molecule is CC(C)c1nc([C@@]23CCC[C@@H]2CN(C(=O)N2CCOCC2)C3)no1. The molecule has 1 saturated carbocycles. The standard InChI is InChI=1S/C17H26N4O3/c1-12(2)14-18-15(19-24-14)17-5-3-4-13(17)10-21(11-17)16(22)20-6-8-23-9-7-20/h12-13H,3-11H2,1-2H3/t13-,17-/m1/s1. The quantitative estimate of drug-likeness (QED) is 0.827. The maximum absolute atomic E-state index is 12.9. The largest absolute Gasteiger partial charge is 0.378 e. The first-order valence-electron chi connectivity index (χ1n) is 9.06. The molecule has 0 unspecified atom stereocenters. The highest BCUT2D eigenvalue weighted by molar-refractivity contribution is 5.75. The molecule has 0 radical (unpaired) electrons. The zero-order valence-corrected chi connectivity index (χ0v) is 14.5. The Bertz CT molecular complexity index is 611. The van der Waals surface area contributed by atoms with Gasteiger partial charge in [0.25, 0.3) is 0 Å². The molecule has 1 aliphatic carbocycles. The van der Waals surface area contributed by atoms with Crippen molar-refractivity contribution in [2.45, 2.75) is 44.4 Å². The fourth-order valence-corrected chi connectivity index (χ4v) is 4.43. The fraction of sp³-hybridized carbons (Fsp3) is 0.824. The number of hydrogen-bond acceptors (Lipinski definition) is 5. The number of aromatic nitrogens is 2. The molecule has 1 aromatic heterocycles. The van der Waals surface area contributed by atoms with Gasteiger partial charge in [-0.3, -0.25) is 0 Å². The van der Waals surface area contributed by atoms with Crippen LogP contribution < -0.4 is 0 Å². The Labute approximate surface area is 142 Å². The van der Waals surface area contributed by atoms with E-state index in [9.17, 15) is 4.79 Å². The summed E-state index contributed by atoms with van der Waals surface area (Å²) in [4.78, 5) is 21.4. The monoisotopic (exact) mass is 334 g/mol. The molecule has 132 valence electrons. The van der Waals surface area contributed by atoms with Crippen LogP contribution in [0.4, 0.5) is 4.79 Å². The van der Waals surface area contributed by atoms with E-state index in [0.29, 0.717) is 44.7 Å². The smallest absolute Gasteiger partial charge is 0.320 e. The number of ether oxygens (including phenoxy) is 1. The van der Waals surface area contributed by atoms with Crippen molar-refractivity contribution in [3.63, 3.8) is 0 Å². The summed E-state index contributed by atoms with van der Waals surface area (Å²) < 4.78 is 10.8. The van der Waals surface area contributed by atoms with Crippen LogP contribution in [0.25, 0.3) is 0 Å². The number of carbonyl (C=O) groups excluding carboxylic acids is 1. The second-order valence-electron chi connectivity index (χ2n) is 7.62. The highest BCUT2D eigenvalue weighted by Gasteiger charge is 2.55. The van der Waals surface area contributed by atoms with Gasteiger partial charge in [-0.05, 0) is 18.8 Å². The molecule has 2 saturated heterocycles. The third kappa shape index (κ3) is 2.49. The molecule has 0 bridgehead atoms. The van der Waals surface area contributed by atoms with E-state index in [4.69, 9.17) is 9.26 Å². The lowest BCUT2D eigenvalue weighted by Crippen LogP contribution is -2.48. The molecular weight excluding hydrogens is 308 g/mol. The average molecular weight is 334 g/mol. The fourth-order valence-electron chi connectivity index (χ4n) is 4.43. The Morgan fingerprint density at radius 3 is 2.79 bits per heavy atom. The van der Waals surface area contributed by atoms with E-state index in [2.05, 4.69) is 24.0 Å². The molecule has 0 aromatic carbocycles. The van der Waals surface area contributed by atoms with Crippen molar-refractivity contribution in [3.05, 3.63) is 11.7 Å². The number of nitrogens with zero attached hydrogens (tertiary/aromatic N) is 4. The van der Waals surface area contributed by atoms with Gasteiger partial charge < -0.3 is 19.1 Å². The summed E-state index contributed by atoms with van der Waals surface area (Å²) in [5, 5.41) is 4.30. The highest BCUT2D eigenvalue weighted by Crippen LogP contribution is 2.49. The summed E-state index contributed by atoms with van der Waals surface area (Å²) in [6.45, 7) is 8.29. The van der Waals surface area contributed by atoms with Crippen LogP contribution in [0.3, 0.4) is 0 Å². The first-order chi connectivity index (χ1) is 11.6. The number of urea groups is 1. The Morgan fingerprint density at radius 1 is 1.29 bits per heavy atom. The summed E-state index contributed by atoms with van der Waals surface area (Å²) in [7, 11) is 0. The summed E-state index contributed by atoms with van der Waals surface area (Å²) in [6, 6.07) is 0.139. The molecule has 24 heavy (non-hydrogen) atoms. The molecule has 2 amide bonds. The minimum Gasteiger partial charge on any atom is -0.378 e. The van der Waals surface area contributed by atoms with Gasteiger partial charge in [-0.15, -0.1) is 0 Å². The predicted molar refractivity (Wildman–Crippen MR) is 86.8 cm³/mol. The van der Waals surface area contributed by atoms with Gasteiger partial charge >= 0.3 is 6.03 Å². The van der Waals surface area contributed by atoms with Gasteiger partial charge in [0.05, 0.1) is 18.6 Å². The van der Waals surface area contributed by atoms with Crippen molar-refractivity contribution in [2.24, 2.45) is 5.92 Å². The van der Waals surface area contributed by atoms with Crippen LogP contribution in [-0.4, -0.2) is 65.4 Å². The first-order valence-corrected chi connectivity index (χ1v) is 9.06. The molecule has 1 aromatic rings. The van der Waals surface area contributed by atoms with E-state index >= 15 is 0 Å². The lowest BCUT2D eigenvalue weighted by molar-refractivity contribution is 0.0444. The number of carbonyl (C=O) groups is 1. The Hall–Kier alpha value is -1.63. The Kier molecular flexibility index (Phi) is 3.98. The zero-order valence-electron chi connectivity index (χ0n) is 14.5. The third-order valence-corrected chi connectivity index (χ3v) is 5.80. The van der Waals surface area contributed by atoms with Crippen LogP contribution >= 0.6 is 0 Å². The molecular formula is C17H26N4O3. The summed E-state index contributed by atoms with van der Waals surface area (Å²) in [5.41, 5.74) is -0.113. The van der Waals surface area contributed by atoms with E-state index in [-0.39, 0.29) is 17.4 Å². The minimum atomic E-state index is -0.113. The normalized spacial score (nSPS) is 30.2. The predicted octanol–water partition coefficient (Wildman–Crippen LogP) is 2.00. The minimum absolute atomic E-state index is 0.113. The second kappa shape index (κ2) is 6.02. The lowest BCUT2D eigenvalue weighted by atomic mass is 9.80. The summed E-state index contributed by atoms with van der Waals surface area (Å²) >= 11 is 0. The molecule has 0 spiro atoms. The van der Waals surface area contributed by atoms with E-state index in [1.165, 1.54) is 6.42 Å². The van der Waals surface area contributed by atoms with Gasteiger partial charge in [-0.2, -0.15) is 4.98 Å². The van der Waals surface area contributed by atoms with Crippen LogP contribution in [0.15, 0.2) is 4.52 Å². The second-order valence-corrected chi connectivity index (χ2v) is 7.62. The average Bonchev–Trinajstić information content (AvgIpc) is 3.28. The maximum atomic E-state index is 12.9. The van der Waals surface area contributed by atoms with Gasteiger partial charge in [0.1, 0.15) is 0 Å². The number of likely N-dealkylation sites (tertiary alicyclic amines) is 1. The van der Waals surface area contributed by atoms with E-state index in [1.54, 1.807) is 0 Å². The van der Waals surface area contributed by atoms with Crippen LogP contribution in [0.2, 0.25) is 0 Å². The van der Waals surface area contributed by atoms with E-state index < -0.39 is 0 Å². The third-order valence-electron chi connectivity index (χ3n) is 5.80. The zero-order chi connectivity index (χ0) is 16.7. The van der Waals surface area contributed by atoms with Crippen molar-refractivity contribution in [3.8, 4) is 0 Å². The maximum Gasteiger partial charge on any atom is 0.320 e. The van der Waals surface area contributed by atoms with Crippen LogP contribution in [-0.2, 0) is 10.2 Å². The molecule has 3 heterocycles. The van der Waals surface area contributed by atoms with Gasteiger partial charge in [-0.1, -0.05) is 25.4 Å². The molecule has 4 rings (SSSR count). The number of amides is 2. The summed E-state index contributed by atoms with van der Waals surface area (Å²) in [6.07, 6.45) is 3.36. The van der Waals surface area contributed by atoms with E-state index in [0.717, 1.165) is 25.2 Å². The van der Waals surface area contributed by atoms with E-state index in [1.807, 2.05) is 9.80 Å². The van der Waals surface area contributed by atoms with Crippen LogP contribution in [0, 0.1) is 5.92 Å². The number of fused-ring (bicyclic) bond motifs is 1. The van der Waals surface area contributed by atoms with Crippen molar-refractivity contribution >= 4 is 6.03 Å². The van der Waals surface area contributed by atoms with Gasteiger partial charge in [0.15, 0.2) is 5.82 Å². The topological polar surface area (TPSA) is 71.7 Å². The van der Waals surface area contributed by atoms with Crippen LogP contribution in [0.1, 0.15) is 50.7 Å². The number of morpholine rings is 1. The lowest BCUT2D eigenvalue weighted by Gasteiger charge is -2.32. The molecule has 0 N–H and O–H groups in total. The Balaban J connectivity index is 1.55. The van der Waals surface area contributed by atoms with Gasteiger partial charge in [-0.25, -0.2) is 4.79 Å². The molecule has 7 heteroatoms. The molecule has 2 aliphatic heterocycles. The molecule has 2 atom stereocenters. The van der Waals surface area contributed by atoms with Crippen molar-refractivity contribution < 1.29 is 14.1 Å². The molecule has 3 fully saturated rings. The molecule has 7 nitrogen and oxygen atoms in total. The van der Waals surface area contributed by atoms with Crippen molar-refractivity contribution in [2.75, 3.05) is 39.4 Å². The van der Waals surface area contributed by atoms with Crippen molar-refractivity contribution in [1.82, 2.24) is 19.9 Å². The number of rotatable bonds is 2. The van der Waals surface area contributed by atoms with Crippen molar-refractivity contribution in [1.29, 1.82) is 0 Å². The van der Waals surface area contributed by atoms with Crippen LogP contribution in [0.5, 0.6) is 0 Å². The van der Waals surface area contributed by atoms with Gasteiger partial charge in [0, 0.05) is 32.1 Å². The number of hydrogen-bond donors (Lipinski definition) is 0. The summed E-state index contributed by atoms with van der Waals surface area (Å²) in [5.74, 6) is 2.18. The van der Waals surface area contributed by atoms with Gasteiger partial charge in [0.2, 0.25) is 5.89 Å².